The van der Waals surface area contributed by atoms with E-state index in [-0.39, 0.29) is 43.5 Å². The first-order chi connectivity index (χ1) is 14.3. The Morgan fingerprint density at radius 3 is 2.00 bits per heavy atom. The third-order valence-electron chi connectivity index (χ3n) is 6.21. The Kier molecular flexibility index (Phi) is 9.26. The number of esters is 2. The van der Waals surface area contributed by atoms with Crippen LogP contribution in [0.2, 0.25) is 18.1 Å². The highest BCUT2D eigenvalue weighted by molar-refractivity contribution is 6.74. The van der Waals surface area contributed by atoms with Crippen molar-refractivity contribution in [1.82, 2.24) is 4.90 Å². The molecule has 176 valence electrons. The summed E-state index contributed by atoms with van der Waals surface area (Å²) in [4.78, 5) is 41.2. The molecule has 0 unspecified atom stereocenters. The minimum Gasteiger partial charge on any atom is -0.465 e. The summed E-state index contributed by atoms with van der Waals surface area (Å²) in [5.74, 6) is -1.66. The van der Waals surface area contributed by atoms with Crippen molar-refractivity contribution in [1.29, 1.82) is 0 Å². The molecular formula is C23H39NO6Si. The lowest BCUT2D eigenvalue weighted by Gasteiger charge is -2.44. The summed E-state index contributed by atoms with van der Waals surface area (Å²) in [5, 5.41) is -0.124. The molecule has 1 aliphatic rings. The first kappa shape index (κ1) is 27.1. The molecule has 2 atom stereocenters. The summed E-state index contributed by atoms with van der Waals surface area (Å²) < 4.78 is 17.3. The fourth-order valence-electron chi connectivity index (χ4n) is 3.72. The number of likely N-dealkylation sites (tertiary alicyclic amines) is 1. The zero-order chi connectivity index (χ0) is 24.0. The molecule has 1 rings (SSSR count). The van der Waals surface area contributed by atoms with Gasteiger partial charge in [0.05, 0.1) is 31.8 Å². The number of nitrogens with zero attached hydrogens (tertiary/aromatic N) is 1. The predicted molar refractivity (Wildman–Crippen MR) is 123 cm³/mol. The monoisotopic (exact) mass is 453 g/mol. The van der Waals surface area contributed by atoms with Crippen LogP contribution >= 0.6 is 0 Å². The number of hydrogen-bond donors (Lipinski definition) is 0. The molecule has 0 spiro atoms. The first-order valence-corrected chi connectivity index (χ1v) is 13.8. The van der Waals surface area contributed by atoms with Crippen LogP contribution in [0.1, 0.15) is 47.5 Å². The van der Waals surface area contributed by atoms with E-state index in [0.29, 0.717) is 0 Å². The Morgan fingerprint density at radius 2 is 1.61 bits per heavy atom. The Bertz CT molecular complexity index is 679. The Morgan fingerprint density at radius 1 is 1.10 bits per heavy atom. The van der Waals surface area contributed by atoms with Gasteiger partial charge in [-0.25, -0.2) is 0 Å². The third kappa shape index (κ3) is 5.47. The quantitative estimate of drug-likeness (QED) is 0.205. The van der Waals surface area contributed by atoms with Gasteiger partial charge >= 0.3 is 11.9 Å². The first-order valence-electron chi connectivity index (χ1n) is 10.9. The largest absolute Gasteiger partial charge is 0.465 e. The molecule has 0 N–H and O–H groups in total. The van der Waals surface area contributed by atoms with Gasteiger partial charge < -0.3 is 18.8 Å². The number of allylic oxidation sites excluding steroid dienone is 1. The number of carbonyl (C=O) groups is 3. The second-order valence-corrected chi connectivity index (χ2v) is 14.1. The van der Waals surface area contributed by atoms with E-state index in [1.165, 1.54) is 11.0 Å². The summed E-state index contributed by atoms with van der Waals surface area (Å²) in [6, 6.07) is -0.886. The smallest absolute Gasteiger partial charge is 0.326 e. The van der Waals surface area contributed by atoms with Gasteiger partial charge in [0.25, 0.3) is 0 Å². The highest BCUT2D eigenvalue weighted by Crippen LogP contribution is 2.45. The van der Waals surface area contributed by atoms with Crippen LogP contribution in [0.3, 0.4) is 0 Å². The van der Waals surface area contributed by atoms with Crippen molar-refractivity contribution in [2.45, 2.75) is 77.7 Å². The average Bonchev–Trinajstić information content (AvgIpc) is 2.94. The van der Waals surface area contributed by atoms with E-state index in [1.54, 1.807) is 19.9 Å². The van der Waals surface area contributed by atoms with Crippen molar-refractivity contribution in [2.24, 2.45) is 5.41 Å². The van der Waals surface area contributed by atoms with E-state index in [0.717, 1.165) is 0 Å². The summed E-state index contributed by atoms with van der Waals surface area (Å²) in [6.07, 6.45) is 2.44. The summed E-state index contributed by atoms with van der Waals surface area (Å²) in [6.45, 7) is 21.7. The molecule has 0 bridgehead atoms. The van der Waals surface area contributed by atoms with Crippen LogP contribution < -0.4 is 0 Å². The molecule has 0 aromatic heterocycles. The molecule has 1 saturated heterocycles. The zero-order valence-corrected chi connectivity index (χ0v) is 21.2. The van der Waals surface area contributed by atoms with Gasteiger partial charge in [0, 0.05) is 6.54 Å². The molecule has 0 saturated carbocycles. The zero-order valence-electron chi connectivity index (χ0n) is 20.2. The standard InChI is InChI=1S/C23H39NO6Si/c1-10-14-23(20(26)28-12-3,21(27)29-13-4)19-17(16-18(25)24(19)15-11-2)30-31(8,9)22(5,6)7/h10-11,17,19H,1-2,12-16H2,3-9H3/t17-,19-/m1/s1. The number of carbonyl (C=O) groups excluding carboxylic acids is 3. The normalized spacial score (nSPS) is 19.8. The van der Waals surface area contributed by atoms with E-state index >= 15 is 0 Å². The van der Waals surface area contributed by atoms with E-state index in [4.69, 9.17) is 13.9 Å². The van der Waals surface area contributed by atoms with Crippen LogP contribution in [-0.4, -0.2) is 63.0 Å². The van der Waals surface area contributed by atoms with Crippen LogP contribution in [0.15, 0.2) is 25.3 Å². The summed E-state index contributed by atoms with van der Waals surface area (Å²) >= 11 is 0. The van der Waals surface area contributed by atoms with Gasteiger partial charge in [0.1, 0.15) is 0 Å². The molecule has 31 heavy (non-hydrogen) atoms. The Balaban J connectivity index is 3.72. The van der Waals surface area contributed by atoms with E-state index in [1.807, 2.05) is 0 Å². The molecule has 0 aromatic rings. The van der Waals surface area contributed by atoms with Gasteiger partial charge in [-0.3, -0.25) is 14.4 Å². The van der Waals surface area contributed by atoms with Gasteiger partial charge in [0.2, 0.25) is 5.91 Å². The molecule has 8 heteroatoms. The van der Waals surface area contributed by atoms with Gasteiger partial charge in [-0.1, -0.05) is 32.9 Å². The maximum Gasteiger partial charge on any atom is 0.326 e. The molecule has 7 nitrogen and oxygen atoms in total. The molecule has 1 amide bonds. The van der Waals surface area contributed by atoms with E-state index < -0.39 is 37.8 Å². The second-order valence-electron chi connectivity index (χ2n) is 9.31. The van der Waals surface area contributed by atoms with Crippen LogP contribution in [-0.2, 0) is 28.3 Å². The van der Waals surface area contributed by atoms with Crippen molar-refractivity contribution < 1.29 is 28.3 Å². The van der Waals surface area contributed by atoms with Crippen LogP contribution in [0.4, 0.5) is 0 Å². The van der Waals surface area contributed by atoms with Crippen molar-refractivity contribution >= 4 is 26.2 Å². The highest BCUT2D eigenvalue weighted by atomic mass is 28.4. The highest BCUT2D eigenvalue weighted by Gasteiger charge is 2.63. The van der Waals surface area contributed by atoms with Crippen molar-refractivity contribution in [2.75, 3.05) is 19.8 Å². The van der Waals surface area contributed by atoms with Gasteiger partial charge in [-0.2, -0.15) is 0 Å². The molecule has 0 radical (unpaired) electrons. The van der Waals surface area contributed by atoms with E-state index in [9.17, 15) is 14.4 Å². The Labute approximate surface area is 187 Å². The lowest BCUT2D eigenvalue weighted by molar-refractivity contribution is -0.179. The van der Waals surface area contributed by atoms with Crippen LogP contribution in [0.25, 0.3) is 0 Å². The number of ether oxygens (including phenoxy) is 2. The molecule has 1 heterocycles. The van der Waals surface area contributed by atoms with Crippen molar-refractivity contribution in [3.05, 3.63) is 25.3 Å². The second kappa shape index (κ2) is 10.6. The fraction of sp³-hybridized carbons (Fsp3) is 0.696. The van der Waals surface area contributed by atoms with Gasteiger partial charge in [0.15, 0.2) is 13.7 Å². The minimum atomic E-state index is -2.34. The number of amides is 1. The molecule has 0 aromatic carbocycles. The summed E-state index contributed by atoms with van der Waals surface area (Å²) in [7, 11) is -2.34. The fourth-order valence-corrected chi connectivity index (χ4v) is 5.04. The van der Waals surface area contributed by atoms with Gasteiger partial charge in [-0.05, 0) is 38.4 Å². The molecular weight excluding hydrogens is 414 g/mol. The minimum absolute atomic E-state index is 0.0341. The van der Waals surface area contributed by atoms with Crippen LogP contribution in [0.5, 0.6) is 0 Å². The maximum atomic E-state index is 13.3. The SMILES string of the molecule is C=CCN1C(=O)C[C@@H](O[Si](C)(C)C(C)(C)C)[C@@H]1C(CC=C)(C(=O)OCC)C(=O)OCC. The number of hydrogen-bond acceptors (Lipinski definition) is 6. The van der Waals surface area contributed by atoms with Crippen molar-refractivity contribution in [3.63, 3.8) is 0 Å². The third-order valence-corrected chi connectivity index (χ3v) is 10.7. The predicted octanol–water partition coefficient (Wildman–Crippen LogP) is 3.85. The number of rotatable bonds is 11. The summed E-state index contributed by atoms with van der Waals surface area (Å²) in [5.41, 5.74) is -1.77. The maximum absolute atomic E-state index is 13.3. The molecule has 0 aliphatic carbocycles. The topological polar surface area (TPSA) is 82.1 Å². The molecule has 1 aliphatic heterocycles. The lowest BCUT2D eigenvalue weighted by atomic mass is 9.74. The lowest BCUT2D eigenvalue weighted by Crippen LogP contribution is -2.61. The molecule has 1 fully saturated rings. The van der Waals surface area contributed by atoms with Crippen LogP contribution in [0, 0.1) is 5.41 Å². The Hall–Kier alpha value is -1.93. The average molecular weight is 454 g/mol. The van der Waals surface area contributed by atoms with Gasteiger partial charge in [-0.15, -0.1) is 13.2 Å². The van der Waals surface area contributed by atoms with Crippen molar-refractivity contribution in [3.8, 4) is 0 Å². The van der Waals surface area contributed by atoms with E-state index in [2.05, 4.69) is 47.0 Å².